The molecule has 0 radical (unpaired) electrons. The van der Waals surface area contributed by atoms with Crippen molar-refractivity contribution in [2.24, 2.45) is 5.92 Å². The normalized spacial score (nSPS) is 32.3. The minimum atomic E-state index is -0.245. The lowest BCUT2D eigenvalue weighted by Crippen LogP contribution is -2.12. The van der Waals surface area contributed by atoms with Crippen LogP contribution in [0.3, 0.4) is 0 Å². The zero-order valence-electron chi connectivity index (χ0n) is 14.8. The molecule has 1 aliphatic heterocycles. The van der Waals surface area contributed by atoms with E-state index < -0.39 is 0 Å². The Hall–Kier alpha value is -1.64. The quantitative estimate of drug-likeness (QED) is 0.481. The molecule has 1 heterocycles. The number of esters is 1. The number of ether oxygens (including phenoxy) is 1. The van der Waals surface area contributed by atoms with E-state index in [2.05, 4.69) is 13.0 Å². The Balaban J connectivity index is 2.23. The van der Waals surface area contributed by atoms with Crippen molar-refractivity contribution in [1.29, 1.82) is 0 Å². The molecule has 0 spiro atoms. The van der Waals surface area contributed by atoms with E-state index in [1.54, 1.807) is 0 Å². The number of hydrogen-bond acceptors (Lipinski definition) is 3. The highest BCUT2D eigenvalue weighted by Crippen LogP contribution is 2.30. The SMILES string of the molecule is CC1=C2CC/C(C)=C/CCC(C)C(=O)CC/C(C)=C/C2OC1=O. The van der Waals surface area contributed by atoms with Crippen LogP contribution in [0, 0.1) is 5.92 Å². The zero-order chi connectivity index (χ0) is 17.0. The van der Waals surface area contributed by atoms with Crippen LogP contribution in [0.5, 0.6) is 0 Å². The summed E-state index contributed by atoms with van der Waals surface area (Å²) in [4.78, 5) is 24.1. The number of hydrogen-bond donors (Lipinski definition) is 0. The van der Waals surface area contributed by atoms with Gasteiger partial charge in [-0.3, -0.25) is 4.79 Å². The third-order valence-corrected chi connectivity index (χ3v) is 5.00. The highest BCUT2D eigenvalue weighted by atomic mass is 16.5. The van der Waals surface area contributed by atoms with Crippen molar-refractivity contribution in [3.05, 3.63) is 34.4 Å². The molecule has 0 bridgehead atoms. The van der Waals surface area contributed by atoms with Gasteiger partial charge in [-0.2, -0.15) is 0 Å². The number of allylic oxidation sites excluding steroid dienone is 3. The van der Waals surface area contributed by atoms with Gasteiger partial charge in [-0.05, 0) is 64.5 Å². The van der Waals surface area contributed by atoms with Crippen LogP contribution in [0.1, 0.15) is 66.2 Å². The first-order valence-electron chi connectivity index (χ1n) is 8.64. The fourth-order valence-electron chi connectivity index (χ4n) is 3.17. The van der Waals surface area contributed by atoms with E-state index in [-0.39, 0.29) is 18.0 Å². The molecule has 2 atom stereocenters. The van der Waals surface area contributed by atoms with Crippen LogP contribution in [0.15, 0.2) is 34.4 Å². The summed E-state index contributed by atoms with van der Waals surface area (Å²) >= 11 is 0. The van der Waals surface area contributed by atoms with Gasteiger partial charge in [-0.15, -0.1) is 0 Å². The molecule has 0 saturated heterocycles. The molecule has 2 unspecified atom stereocenters. The number of fused-ring (bicyclic) bond motifs is 1. The minimum absolute atomic E-state index is 0.122. The summed E-state index contributed by atoms with van der Waals surface area (Å²) in [5, 5.41) is 0. The van der Waals surface area contributed by atoms with Gasteiger partial charge < -0.3 is 4.74 Å². The fraction of sp³-hybridized carbons (Fsp3) is 0.600. The molecule has 0 aromatic rings. The third kappa shape index (κ3) is 4.66. The molecule has 126 valence electrons. The first kappa shape index (κ1) is 17.7. The molecular weight excluding hydrogens is 288 g/mol. The van der Waals surface area contributed by atoms with Crippen LogP contribution in [0.25, 0.3) is 0 Å². The van der Waals surface area contributed by atoms with Crippen molar-refractivity contribution in [1.82, 2.24) is 0 Å². The van der Waals surface area contributed by atoms with Crippen LogP contribution in [0.2, 0.25) is 0 Å². The lowest BCUT2D eigenvalue weighted by molar-refractivity contribution is -0.138. The minimum Gasteiger partial charge on any atom is -0.450 e. The summed E-state index contributed by atoms with van der Waals surface area (Å²) in [5.41, 5.74) is 4.29. The van der Waals surface area contributed by atoms with Gasteiger partial charge in [0.05, 0.1) is 0 Å². The average Bonchev–Trinajstić information content (AvgIpc) is 2.76. The second-order valence-corrected chi connectivity index (χ2v) is 6.98. The lowest BCUT2D eigenvalue weighted by atomic mass is 9.92. The highest BCUT2D eigenvalue weighted by molar-refractivity contribution is 5.92. The molecule has 0 aromatic heterocycles. The largest absolute Gasteiger partial charge is 0.450 e. The zero-order valence-corrected chi connectivity index (χ0v) is 14.8. The maximum Gasteiger partial charge on any atom is 0.334 e. The summed E-state index contributed by atoms with van der Waals surface area (Å²) < 4.78 is 5.50. The van der Waals surface area contributed by atoms with Crippen LogP contribution >= 0.6 is 0 Å². The van der Waals surface area contributed by atoms with Crippen molar-refractivity contribution in [2.45, 2.75) is 72.3 Å². The Morgan fingerprint density at radius 3 is 2.43 bits per heavy atom. The van der Waals surface area contributed by atoms with Gasteiger partial charge in [0.25, 0.3) is 0 Å². The van der Waals surface area contributed by atoms with E-state index in [1.165, 1.54) is 5.57 Å². The molecule has 0 aromatic carbocycles. The van der Waals surface area contributed by atoms with Crippen LogP contribution in [-0.4, -0.2) is 17.9 Å². The molecule has 2 rings (SSSR count). The summed E-state index contributed by atoms with van der Waals surface area (Å²) in [6.07, 6.45) is 9.01. The predicted octanol–water partition coefficient (Wildman–Crippen LogP) is 4.68. The van der Waals surface area contributed by atoms with E-state index in [9.17, 15) is 9.59 Å². The highest BCUT2D eigenvalue weighted by Gasteiger charge is 2.29. The molecular formula is C20H28O3. The standard InChI is InChI=1S/C20H28O3/c1-13-6-5-7-15(3)18(21)11-9-14(2)12-19-17(10-8-13)16(4)20(22)23-19/h6,12,15,19H,5,7-11H2,1-4H3/b13-6+,14-12+. The number of Topliss-reactive ketones (excluding diaryl/α,β-unsaturated/α-hetero) is 1. The summed E-state index contributed by atoms with van der Waals surface area (Å²) in [5.74, 6) is 0.248. The second-order valence-electron chi connectivity index (χ2n) is 6.98. The Bertz CT molecular complexity index is 578. The Morgan fingerprint density at radius 2 is 1.70 bits per heavy atom. The lowest BCUT2D eigenvalue weighted by Gasteiger charge is -2.14. The number of ketones is 1. The molecule has 1 aliphatic carbocycles. The molecule has 2 aliphatic rings. The molecule has 0 fully saturated rings. The second kappa shape index (κ2) is 7.76. The Morgan fingerprint density at radius 1 is 1.00 bits per heavy atom. The molecule has 0 amide bonds. The van der Waals surface area contributed by atoms with Gasteiger partial charge >= 0.3 is 5.97 Å². The predicted molar refractivity (Wildman–Crippen MR) is 92.0 cm³/mol. The maximum absolute atomic E-state index is 12.2. The third-order valence-electron chi connectivity index (χ3n) is 5.00. The van der Waals surface area contributed by atoms with Crippen molar-refractivity contribution < 1.29 is 14.3 Å². The Kier molecular flexibility index (Phi) is 5.97. The molecule has 3 heteroatoms. The maximum atomic E-state index is 12.2. The van der Waals surface area contributed by atoms with E-state index >= 15 is 0 Å². The molecule has 23 heavy (non-hydrogen) atoms. The number of carbonyl (C=O) groups excluding carboxylic acids is 2. The summed E-state index contributed by atoms with van der Waals surface area (Å²) in [7, 11) is 0. The molecule has 0 saturated carbocycles. The van der Waals surface area contributed by atoms with Gasteiger partial charge in [0.1, 0.15) is 11.9 Å². The van der Waals surface area contributed by atoms with Gasteiger partial charge in [0.2, 0.25) is 0 Å². The topological polar surface area (TPSA) is 43.4 Å². The van der Waals surface area contributed by atoms with Gasteiger partial charge in [-0.25, -0.2) is 4.79 Å². The van der Waals surface area contributed by atoms with Crippen molar-refractivity contribution in [2.75, 3.05) is 0 Å². The van der Waals surface area contributed by atoms with E-state index in [1.807, 2.05) is 26.8 Å². The van der Waals surface area contributed by atoms with Crippen LogP contribution in [-0.2, 0) is 14.3 Å². The van der Waals surface area contributed by atoms with E-state index in [0.29, 0.717) is 12.2 Å². The smallest absolute Gasteiger partial charge is 0.334 e. The first-order valence-corrected chi connectivity index (χ1v) is 8.64. The van der Waals surface area contributed by atoms with Crippen molar-refractivity contribution >= 4 is 11.8 Å². The van der Waals surface area contributed by atoms with Gasteiger partial charge in [0.15, 0.2) is 0 Å². The first-order chi connectivity index (χ1) is 10.9. The van der Waals surface area contributed by atoms with Gasteiger partial charge in [0, 0.05) is 17.9 Å². The fourth-order valence-corrected chi connectivity index (χ4v) is 3.17. The summed E-state index contributed by atoms with van der Waals surface area (Å²) in [6, 6.07) is 0. The Labute approximate surface area is 139 Å². The van der Waals surface area contributed by atoms with Crippen LogP contribution in [0.4, 0.5) is 0 Å². The molecule has 0 N–H and O–H groups in total. The molecule has 3 nitrogen and oxygen atoms in total. The number of rotatable bonds is 0. The van der Waals surface area contributed by atoms with Gasteiger partial charge in [-0.1, -0.05) is 24.1 Å². The summed E-state index contributed by atoms with van der Waals surface area (Å²) in [6.45, 7) is 8.03. The van der Waals surface area contributed by atoms with E-state index in [4.69, 9.17) is 4.74 Å². The average molecular weight is 316 g/mol. The van der Waals surface area contributed by atoms with Crippen LogP contribution < -0.4 is 0 Å². The van der Waals surface area contributed by atoms with E-state index in [0.717, 1.165) is 48.8 Å². The monoisotopic (exact) mass is 316 g/mol. The van der Waals surface area contributed by atoms with Crippen molar-refractivity contribution in [3.8, 4) is 0 Å². The van der Waals surface area contributed by atoms with Crippen molar-refractivity contribution in [3.63, 3.8) is 0 Å². The number of carbonyl (C=O) groups is 2.